The monoisotopic (exact) mass is 235 g/mol. The van der Waals surface area contributed by atoms with Crippen molar-refractivity contribution in [3.05, 3.63) is 23.3 Å². The molecule has 0 fully saturated rings. The lowest BCUT2D eigenvalue weighted by molar-refractivity contribution is -0.136. The smallest absolute Gasteiger partial charge is 0.311 e. The van der Waals surface area contributed by atoms with Crippen LogP contribution >= 0.6 is 0 Å². The molecule has 2 heterocycles. The molecule has 0 bridgehead atoms. The number of likely N-dealkylation sites (N-methyl/N-ethyl adjacent to an activating group) is 1. The van der Waals surface area contributed by atoms with Crippen LogP contribution in [0.4, 0.5) is 0 Å². The van der Waals surface area contributed by atoms with E-state index in [1.54, 1.807) is 6.20 Å². The van der Waals surface area contributed by atoms with Crippen molar-refractivity contribution in [3.63, 3.8) is 0 Å². The van der Waals surface area contributed by atoms with Gasteiger partial charge in [-0.2, -0.15) is 0 Å². The van der Waals surface area contributed by atoms with E-state index >= 15 is 0 Å². The summed E-state index contributed by atoms with van der Waals surface area (Å²) < 4.78 is 0. The number of aliphatic carboxylic acids is 1. The fourth-order valence-corrected chi connectivity index (χ4v) is 2.10. The van der Waals surface area contributed by atoms with Crippen LogP contribution in [0.25, 0.3) is 0 Å². The topological polar surface area (TPSA) is 66.3 Å². The zero-order valence-electron chi connectivity index (χ0n) is 10.0. The summed E-state index contributed by atoms with van der Waals surface area (Å²) >= 11 is 0. The Labute approximate surface area is 100 Å². The molecule has 1 aromatic rings. The lowest BCUT2D eigenvalue weighted by Gasteiger charge is -2.15. The first kappa shape index (κ1) is 12.0. The van der Waals surface area contributed by atoms with Crippen molar-refractivity contribution < 1.29 is 9.90 Å². The van der Waals surface area contributed by atoms with Crippen LogP contribution in [0.5, 0.6) is 0 Å². The molecule has 0 aliphatic carbocycles. The van der Waals surface area contributed by atoms with Gasteiger partial charge < -0.3 is 10.0 Å². The molecular weight excluding hydrogens is 218 g/mol. The Morgan fingerprint density at radius 3 is 2.94 bits per heavy atom. The normalized spacial score (nSPS) is 16.3. The van der Waals surface area contributed by atoms with E-state index in [-0.39, 0.29) is 6.42 Å². The first-order chi connectivity index (χ1) is 8.19. The number of nitrogens with zero attached hydrogens (tertiary/aromatic N) is 3. The average Bonchev–Trinajstić information content (AvgIpc) is 2.50. The van der Waals surface area contributed by atoms with Gasteiger partial charge in [0, 0.05) is 31.4 Å². The van der Waals surface area contributed by atoms with E-state index < -0.39 is 5.97 Å². The second-order valence-corrected chi connectivity index (χ2v) is 4.26. The zero-order chi connectivity index (χ0) is 12.3. The summed E-state index contributed by atoms with van der Waals surface area (Å²) in [5.74, 6) is -0.463. The SMILES string of the molecule is CCN1CCc2cnc(CC(=O)O)nc2CC1. The molecule has 2 rings (SSSR count). The van der Waals surface area contributed by atoms with E-state index in [1.165, 1.54) is 0 Å². The Bertz CT molecular complexity index is 420. The summed E-state index contributed by atoms with van der Waals surface area (Å²) in [4.78, 5) is 21.5. The maximum Gasteiger partial charge on any atom is 0.311 e. The Kier molecular flexibility index (Phi) is 3.68. The number of hydrogen-bond acceptors (Lipinski definition) is 4. The van der Waals surface area contributed by atoms with E-state index in [1.807, 2.05) is 0 Å². The minimum absolute atomic E-state index is 0.0925. The van der Waals surface area contributed by atoms with Crippen molar-refractivity contribution in [1.82, 2.24) is 14.9 Å². The number of fused-ring (bicyclic) bond motifs is 1. The van der Waals surface area contributed by atoms with Crippen molar-refractivity contribution in [2.45, 2.75) is 26.2 Å². The molecular formula is C12H17N3O2. The number of aromatic nitrogens is 2. The minimum atomic E-state index is -0.881. The summed E-state index contributed by atoms with van der Waals surface area (Å²) in [5, 5.41) is 8.72. The number of carboxylic acids is 1. The Morgan fingerprint density at radius 2 is 2.24 bits per heavy atom. The maximum atomic E-state index is 10.6. The quantitative estimate of drug-likeness (QED) is 0.827. The van der Waals surface area contributed by atoms with Crippen molar-refractivity contribution in [1.29, 1.82) is 0 Å². The van der Waals surface area contributed by atoms with Crippen molar-refractivity contribution >= 4 is 5.97 Å². The summed E-state index contributed by atoms with van der Waals surface area (Å²) in [7, 11) is 0. The zero-order valence-corrected chi connectivity index (χ0v) is 10.0. The molecule has 1 aliphatic heterocycles. The summed E-state index contributed by atoms with van der Waals surface area (Å²) in [6.45, 7) is 5.22. The average molecular weight is 235 g/mol. The number of rotatable bonds is 3. The van der Waals surface area contributed by atoms with E-state index in [9.17, 15) is 4.79 Å². The van der Waals surface area contributed by atoms with Crippen molar-refractivity contribution in [3.8, 4) is 0 Å². The van der Waals surface area contributed by atoms with Gasteiger partial charge in [-0.15, -0.1) is 0 Å². The lowest BCUT2D eigenvalue weighted by Crippen LogP contribution is -2.25. The van der Waals surface area contributed by atoms with Gasteiger partial charge in [0.15, 0.2) is 0 Å². The molecule has 0 unspecified atom stereocenters. The molecule has 0 aromatic carbocycles. The maximum absolute atomic E-state index is 10.6. The van der Waals surface area contributed by atoms with E-state index in [0.717, 1.165) is 43.7 Å². The van der Waals surface area contributed by atoms with Crippen LogP contribution in [0.3, 0.4) is 0 Å². The summed E-state index contributed by atoms with van der Waals surface area (Å²) in [6, 6.07) is 0. The lowest BCUT2D eigenvalue weighted by atomic mass is 10.1. The van der Waals surface area contributed by atoms with Gasteiger partial charge in [0.1, 0.15) is 12.2 Å². The Balaban J connectivity index is 2.16. The van der Waals surface area contributed by atoms with Crippen LogP contribution in [-0.4, -0.2) is 45.6 Å². The molecule has 5 heteroatoms. The van der Waals surface area contributed by atoms with E-state index in [0.29, 0.717) is 5.82 Å². The third-order valence-electron chi connectivity index (χ3n) is 3.12. The van der Waals surface area contributed by atoms with E-state index in [2.05, 4.69) is 21.8 Å². The molecule has 1 aliphatic rings. The van der Waals surface area contributed by atoms with Gasteiger partial charge in [-0.1, -0.05) is 6.92 Å². The molecule has 0 atom stereocenters. The van der Waals surface area contributed by atoms with Crippen molar-refractivity contribution in [2.24, 2.45) is 0 Å². The molecule has 0 amide bonds. The van der Waals surface area contributed by atoms with Crippen LogP contribution in [0.2, 0.25) is 0 Å². The van der Waals surface area contributed by atoms with Gasteiger partial charge in [-0.05, 0) is 18.5 Å². The molecule has 17 heavy (non-hydrogen) atoms. The van der Waals surface area contributed by atoms with E-state index in [4.69, 9.17) is 5.11 Å². The molecule has 0 saturated carbocycles. The molecule has 1 aromatic heterocycles. The van der Waals surface area contributed by atoms with Gasteiger partial charge in [0.05, 0.1) is 0 Å². The van der Waals surface area contributed by atoms with Gasteiger partial charge in [-0.3, -0.25) is 4.79 Å². The van der Waals surface area contributed by atoms with Gasteiger partial charge >= 0.3 is 5.97 Å². The molecule has 0 radical (unpaired) electrons. The molecule has 5 nitrogen and oxygen atoms in total. The Hall–Kier alpha value is -1.49. The molecule has 1 N–H and O–H groups in total. The first-order valence-corrected chi connectivity index (χ1v) is 5.97. The Morgan fingerprint density at radius 1 is 1.47 bits per heavy atom. The van der Waals surface area contributed by atoms with Crippen LogP contribution in [0, 0.1) is 0 Å². The highest BCUT2D eigenvalue weighted by Gasteiger charge is 2.15. The summed E-state index contributed by atoms with van der Waals surface area (Å²) in [6.07, 6.45) is 3.54. The highest BCUT2D eigenvalue weighted by Crippen LogP contribution is 2.13. The summed E-state index contributed by atoms with van der Waals surface area (Å²) in [5.41, 5.74) is 2.18. The minimum Gasteiger partial charge on any atom is -0.481 e. The fourth-order valence-electron chi connectivity index (χ4n) is 2.10. The third-order valence-corrected chi connectivity index (χ3v) is 3.12. The highest BCUT2D eigenvalue weighted by atomic mass is 16.4. The van der Waals surface area contributed by atoms with Crippen LogP contribution in [0.1, 0.15) is 24.0 Å². The highest BCUT2D eigenvalue weighted by molar-refractivity contribution is 5.68. The number of carboxylic acid groups (broad SMARTS) is 1. The number of hydrogen-bond donors (Lipinski definition) is 1. The second kappa shape index (κ2) is 5.23. The second-order valence-electron chi connectivity index (χ2n) is 4.26. The van der Waals surface area contributed by atoms with Gasteiger partial charge in [-0.25, -0.2) is 9.97 Å². The van der Waals surface area contributed by atoms with Crippen LogP contribution < -0.4 is 0 Å². The molecule has 0 saturated heterocycles. The standard InChI is InChI=1S/C12H17N3O2/c1-2-15-5-3-9-8-13-11(7-12(16)17)14-10(9)4-6-15/h8H,2-7H2,1H3,(H,16,17). The first-order valence-electron chi connectivity index (χ1n) is 5.97. The number of carbonyl (C=O) groups is 1. The van der Waals surface area contributed by atoms with Crippen molar-refractivity contribution in [2.75, 3.05) is 19.6 Å². The molecule has 0 spiro atoms. The van der Waals surface area contributed by atoms with Crippen LogP contribution in [-0.2, 0) is 24.1 Å². The van der Waals surface area contributed by atoms with Gasteiger partial charge in [0.25, 0.3) is 0 Å². The van der Waals surface area contributed by atoms with Gasteiger partial charge in [0.2, 0.25) is 0 Å². The van der Waals surface area contributed by atoms with Crippen LogP contribution in [0.15, 0.2) is 6.20 Å². The molecule has 92 valence electrons. The largest absolute Gasteiger partial charge is 0.481 e. The predicted octanol–water partition coefficient (Wildman–Crippen LogP) is 0.524. The fraction of sp³-hybridized carbons (Fsp3) is 0.583. The third kappa shape index (κ3) is 3.00. The predicted molar refractivity (Wildman–Crippen MR) is 62.9 cm³/mol.